The van der Waals surface area contributed by atoms with E-state index in [0.717, 1.165) is 0 Å². The van der Waals surface area contributed by atoms with E-state index in [0.29, 0.717) is 0 Å². The molecule has 9 heteroatoms. The molecule has 0 aliphatic carbocycles. The van der Waals surface area contributed by atoms with E-state index in [4.69, 9.17) is 29.7 Å². The molecule has 100 valence electrons. The second-order valence-corrected chi connectivity index (χ2v) is 0.759. The molecule has 0 saturated carbocycles. The van der Waals surface area contributed by atoms with Crippen LogP contribution in [0.25, 0.3) is 0 Å². The fraction of sp³-hybridized carbons (Fsp3) is 0.571. The molecule has 0 bridgehead atoms. The maximum Gasteiger partial charge on any atom is 0.492 e. The lowest BCUT2D eigenvalue weighted by atomic mass is 11.0. The van der Waals surface area contributed by atoms with Gasteiger partial charge in [0, 0.05) is 0 Å². The highest BCUT2D eigenvalue weighted by atomic mass is 19.2. The Morgan fingerprint density at radius 1 is 0.625 bits per heavy atom. The van der Waals surface area contributed by atoms with Crippen molar-refractivity contribution in [3.63, 3.8) is 0 Å². The SMILES string of the molecule is CC.CC.O=C(O)F.O=C(O)F.O=C(O)F. The average Bonchev–Trinajstić information content (AvgIpc) is 2.07. The van der Waals surface area contributed by atoms with Crippen molar-refractivity contribution in [3.05, 3.63) is 0 Å². The van der Waals surface area contributed by atoms with Crippen LogP contribution in [0.15, 0.2) is 0 Å². The van der Waals surface area contributed by atoms with Crippen molar-refractivity contribution in [2.75, 3.05) is 0 Å². The molecule has 0 spiro atoms. The Hall–Kier alpha value is -1.80. The highest BCUT2D eigenvalue weighted by Gasteiger charge is 1.75. The molecular formula is C7H15F3O6. The van der Waals surface area contributed by atoms with E-state index in [1.807, 2.05) is 27.7 Å². The van der Waals surface area contributed by atoms with Gasteiger partial charge in [-0.05, 0) is 0 Å². The van der Waals surface area contributed by atoms with E-state index < -0.39 is 18.7 Å². The summed E-state index contributed by atoms with van der Waals surface area (Å²) in [6, 6.07) is 0. The van der Waals surface area contributed by atoms with Crippen LogP contribution in [0.2, 0.25) is 0 Å². The van der Waals surface area contributed by atoms with E-state index >= 15 is 0 Å². The second kappa shape index (κ2) is 37.9. The number of hydrogen-bond donors (Lipinski definition) is 3. The van der Waals surface area contributed by atoms with Gasteiger partial charge in [-0.2, -0.15) is 0 Å². The van der Waals surface area contributed by atoms with Crippen LogP contribution in [-0.4, -0.2) is 34.0 Å². The van der Waals surface area contributed by atoms with Gasteiger partial charge in [0.15, 0.2) is 0 Å². The third-order valence-electron chi connectivity index (χ3n) is 0. The van der Waals surface area contributed by atoms with Crippen molar-refractivity contribution < 1.29 is 42.9 Å². The minimum absolute atomic E-state index is 2.00. The number of carbonyl (C=O) groups is 3. The number of rotatable bonds is 0. The van der Waals surface area contributed by atoms with Crippen molar-refractivity contribution in [1.82, 2.24) is 0 Å². The molecule has 16 heavy (non-hydrogen) atoms. The van der Waals surface area contributed by atoms with Gasteiger partial charge in [0.2, 0.25) is 0 Å². The molecule has 0 aromatic heterocycles. The van der Waals surface area contributed by atoms with E-state index in [2.05, 4.69) is 0 Å². The van der Waals surface area contributed by atoms with Crippen LogP contribution in [0.3, 0.4) is 0 Å². The first-order valence-electron chi connectivity index (χ1n) is 3.85. The fourth-order valence-electron chi connectivity index (χ4n) is 0. The summed E-state index contributed by atoms with van der Waals surface area (Å²) < 4.78 is 29.8. The summed E-state index contributed by atoms with van der Waals surface area (Å²) in [5.41, 5.74) is 0. The van der Waals surface area contributed by atoms with Crippen LogP contribution >= 0.6 is 0 Å². The predicted molar refractivity (Wildman–Crippen MR) is 50.1 cm³/mol. The number of halogens is 3. The van der Waals surface area contributed by atoms with Gasteiger partial charge in [0.1, 0.15) is 0 Å². The highest BCUT2D eigenvalue weighted by Crippen LogP contribution is 1.59. The van der Waals surface area contributed by atoms with E-state index in [-0.39, 0.29) is 0 Å². The van der Waals surface area contributed by atoms with Crippen LogP contribution in [0, 0.1) is 0 Å². The molecule has 0 aromatic carbocycles. The number of hydrogen-bond acceptors (Lipinski definition) is 3. The molecule has 6 nitrogen and oxygen atoms in total. The van der Waals surface area contributed by atoms with Gasteiger partial charge in [0.05, 0.1) is 0 Å². The largest absolute Gasteiger partial charge is 0.492 e. The predicted octanol–water partition coefficient (Wildman–Crippen LogP) is 3.95. The Morgan fingerprint density at radius 2 is 0.625 bits per heavy atom. The third kappa shape index (κ3) is 472. The maximum atomic E-state index is 9.92. The average molecular weight is 252 g/mol. The van der Waals surface area contributed by atoms with Crippen molar-refractivity contribution in [3.8, 4) is 0 Å². The van der Waals surface area contributed by atoms with Gasteiger partial charge >= 0.3 is 18.7 Å². The van der Waals surface area contributed by atoms with Crippen LogP contribution in [0.1, 0.15) is 27.7 Å². The van der Waals surface area contributed by atoms with E-state index in [9.17, 15) is 13.2 Å². The molecule has 0 amide bonds. The minimum Gasteiger partial charge on any atom is -0.456 e. The summed E-state index contributed by atoms with van der Waals surface area (Å²) in [6.45, 7) is 8.00. The molecule has 0 fully saturated rings. The van der Waals surface area contributed by atoms with Gasteiger partial charge in [0.25, 0.3) is 0 Å². The Morgan fingerprint density at radius 3 is 0.625 bits per heavy atom. The lowest BCUT2D eigenvalue weighted by molar-refractivity contribution is 0.167. The van der Waals surface area contributed by atoms with Crippen LogP contribution in [-0.2, 0) is 0 Å². The second-order valence-electron chi connectivity index (χ2n) is 0.759. The third-order valence-corrected chi connectivity index (χ3v) is 0. The zero-order valence-corrected chi connectivity index (χ0v) is 9.20. The summed E-state index contributed by atoms with van der Waals surface area (Å²) in [5.74, 6) is 0. The zero-order valence-electron chi connectivity index (χ0n) is 9.20. The molecule has 0 heterocycles. The molecule has 3 N–H and O–H groups in total. The molecule has 0 atom stereocenters. The minimum atomic E-state index is -2.33. The van der Waals surface area contributed by atoms with E-state index in [1.54, 1.807) is 0 Å². The molecule has 0 unspecified atom stereocenters. The molecule has 0 radical (unpaired) electrons. The first-order chi connectivity index (χ1) is 7.20. The molecule has 0 aliphatic rings. The Labute approximate surface area is 90.3 Å². The number of carboxylic acid groups (broad SMARTS) is 3. The van der Waals surface area contributed by atoms with Gasteiger partial charge < -0.3 is 15.3 Å². The molecular weight excluding hydrogens is 237 g/mol. The lowest BCUT2D eigenvalue weighted by Crippen LogP contribution is -1.69. The van der Waals surface area contributed by atoms with Crippen molar-refractivity contribution >= 4 is 18.7 Å². The smallest absolute Gasteiger partial charge is 0.456 e. The van der Waals surface area contributed by atoms with Crippen LogP contribution in [0.4, 0.5) is 27.6 Å². The monoisotopic (exact) mass is 252 g/mol. The quantitative estimate of drug-likeness (QED) is 0.562. The van der Waals surface area contributed by atoms with Crippen LogP contribution < -0.4 is 0 Å². The maximum absolute atomic E-state index is 9.92. The van der Waals surface area contributed by atoms with E-state index in [1.165, 1.54) is 0 Å². The standard InChI is InChI=1S/2C2H6.3CHFO2/c2*1-2;3*2-1(3)4/h2*1-2H3;3*(H,3,4). The topological polar surface area (TPSA) is 112 Å². The normalized spacial score (nSPS) is 5.44. The van der Waals surface area contributed by atoms with Gasteiger partial charge in [-0.1, -0.05) is 27.7 Å². The van der Waals surface area contributed by atoms with Gasteiger partial charge in [-0.25, -0.2) is 14.4 Å². The lowest BCUT2D eigenvalue weighted by Gasteiger charge is -1.53. The van der Waals surface area contributed by atoms with Crippen molar-refractivity contribution in [2.24, 2.45) is 0 Å². The Bertz CT molecular complexity index is 122. The van der Waals surface area contributed by atoms with Gasteiger partial charge in [-0.3, -0.25) is 0 Å². The summed E-state index contributed by atoms with van der Waals surface area (Å²) in [4.78, 5) is 25.0. The summed E-state index contributed by atoms with van der Waals surface area (Å²) >= 11 is 0. The highest BCUT2D eigenvalue weighted by molar-refractivity contribution is 5.55. The van der Waals surface area contributed by atoms with Crippen LogP contribution in [0.5, 0.6) is 0 Å². The molecule has 0 aromatic rings. The van der Waals surface area contributed by atoms with Crippen molar-refractivity contribution in [2.45, 2.75) is 27.7 Å². The van der Waals surface area contributed by atoms with Crippen molar-refractivity contribution in [1.29, 1.82) is 0 Å². The summed E-state index contributed by atoms with van der Waals surface area (Å²) in [7, 11) is 0. The fourth-order valence-corrected chi connectivity index (χ4v) is 0. The Balaban J connectivity index is -0.0000000327. The molecule has 0 saturated heterocycles. The molecule has 0 aliphatic heterocycles. The summed E-state index contributed by atoms with van der Waals surface area (Å²) in [5, 5.41) is 20.2. The summed E-state index contributed by atoms with van der Waals surface area (Å²) in [6.07, 6.45) is -7.00. The Kier molecular flexibility index (Phi) is 69.2. The zero-order chi connectivity index (χ0) is 14.7. The van der Waals surface area contributed by atoms with Gasteiger partial charge in [-0.15, -0.1) is 13.2 Å². The first-order valence-corrected chi connectivity index (χ1v) is 3.85. The molecule has 0 rings (SSSR count). The first kappa shape index (κ1) is 29.2.